The molecule has 0 radical (unpaired) electrons. The quantitative estimate of drug-likeness (QED) is 0.423. The molecule has 0 saturated carbocycles. The first-order valence-electron chi connectivity index (χ1n) is 12.2. The van der Waals surface area contributed by atoms with E-state index < -0.39 is 11.6 Å². The Balaban J connectivity index is 1.49. The average Bonchev–Trinajstić information content (AvgIpc) is 3.34. The van der Waals surface area contributed by atoms with E-state index in [4.69, 9.17) is 9.84 Å². The van der Waals surface area contributed by atoms with Crippen molar-refractivity contribution in [1.29, 1.82) is 0 Å². The molecule has 4 aromatic rings. The highest BCUT2D eigenvalue weighted by Crippen LogP contribution is 2.33. The summed E-state index contributed by atoms with van der Waals surface area (Å²) in [5.41, 5.74) is 1.99. The predicted octanol–water partition coefficient (Wildman–Crippen LogP) is 4.74. The summed E-state index contributed by atoms with van der Waals surface area (Å²) in [5, 5.41) is 5.48. The Morgan fingerprint density at radius 1 is 1.00 bits per heavy atom. The van der Waals surface area contributed by atoms with Gasteiger partial charge in [0.25, 0.3) is 5.91 Å². The van der Waals surface area contributed by atoms with Gasteiger partial charge in [0.1, 0.15) is 17.2 Å². The van der Waals surface area contributed by atoms with Crippen LogP contribution in [0.25, 0.3) is 27.9 Å². The minimum absolute atomic E-state index is 0.0129. The Labute approximate surface area is 200 Å². The van der Waals surface area contributed by atoms with Crippen LogP contribution in [0, 0.1) is 11.6 Å². The maximum absolute atomic E-state index is 14.3. The summed E-state index contributed by atoms with van der Waals surface area (Å²) in [7, 11) is 0. The van der Waals surface area contributed by atoms with Gasteiger partial charge in [0.2, 0.25) is 0 Å². The number of ether oxygens (including phenoxy) is 1. The van der Waals surface area contributed by atoms with Crippen LogP contribution >= 0.6 is 0 Å². The number of pyridine rings is 2. The van der Waals surface area contributed by atoms with E-state index in [0.717, 1.165) is 64.1 Å². The zero-order chi connectivity index (χ0) is 23.9. The summed E-state index contributed by atoms with van der Waals surface area (Å²) in [4.78, 5) is 23.8. The second kappa shape index (κ2) is 8.99. The van der Waals surface area contributed by atoms with E-state index in [0.29, 0.717) is 34.6 Å². The summed E-state index contributed by atoms with van der Waals surface area (Å²) >= 11 is 0. The van der Waals surface area contributed by atoms with E-state index in [-0.39, 0.29) is 17.8 Å². The highest BCUT2D eigenvalue weighted by Gasteiger charge is 2.26. The van der Waals surface area contributed by atoms with Gasteiger partial charge in [-0.1, -0.05) is 12.8 Å². The second-order valence-corrected chi connectivity index (χ2v) is 9.25. The summed E-state index contributed by atoms with van der Waals surface area (Å²) in [6, 6.07) is 2.57. The second-order valence-electron chi connectivity index (χ2n) is 9.25. The molecule has 2 aliphatic rings. The third-order valence-corrected chi connectivity index (χ3v) is 6.90. The Bertz CT molecular complexity index is 1400. The molecule has 1 unspecified atom stereocenters. The third kappa shape index (κ3) is 3.95. The Kier molecular flexibility index (Phi) is 5.68. The van der Waals surface area contributed by atoms with Gasteiger partial charge in [-0.25, -0.2) is 18.4 Å². The van der Waals surface area contributed by atoms with Gasteiger partial charge in [-0.05, 0) is 38.2 Å². The fraction of sp³-hybridized carbons (Fsp3) is 0.440. The molecule has 2 saturated heterocycles. The smallest absolute Gasteiger partial charge is 0.272 e. The number of hydrogen-bond donors (Lipinski definition) is 0. The number of amides is 1. The lowest BCUT2D eigenvalue weighted by Crippen LogP contribution is -2.32. The number of carbonyl (C=O) groups excluding carboxylic acids is 1. The van der Waals surface area contributed by atoms with E-state index in [1.54, 1.807) is 16.9 Å². The Morgan fingerprint density at radius 3 is 2.60 bits per heavy atom. The minimum Gasteiger partial charge on any atom is -0.356 e. The van der Waals surface area contributed by atoms with Crippen LogP contribution in [0.15, 0.2) is 30.7 Å². The molecule has 8 nitrogen and oxygen atoms in total. The Morgan fingerprint density at radius 2 is 1.83 bits per heavy atom. The van der Waals surface area contributed by atoms with Gasteiger partial charge in [0.05, 0.1) is 17.4 Å². The molecule has 0 aromatic carbocycles. The van der Waals surface area contributed by atoms with Crippen LogP contribution in [0.1, 0.15) is 61.7 Å². The van der Waals surface area contributed by atoms with E-state index in [1.807, 2.05) is 4.90 Å². The molecule has 0 aliphatic carbocycles. The van der Waals surface area contributed by atoms with Gasteiger partial charge in [0, 0.05) is 43.5 Å². The fourth-order valence-corrected chi connectivity index (χ4v) is 5.10. The SMILES string of the molecule is O=C(c1cc2c(cn1)c(-c1cnc3c(F)cc(F)cn13)nn2C1CCCCO1)N1CCCCCC1. The molecule has 0 spiro atoms. The number of imidazole rings is 1. The van der Waals surface area contributed by atoms with Gasteiger partial charge in [-0.15, -0.1) is 0 Å². The van der Waals surface area contributed by atoms with Crippen molar-refractivity contribution >= 4 is 22.5 Å². The molecule has 2 fully saturated rings. The van der Waals surface area contributed by atoms with Crippen LogP contribution < -0.4 is 0 Å². The third-order valence-electron chi connectivity index (χ3n) is 6.90. The van der Waals surface area contributed by atoms with Gasteiger partial charge in [0.15, 0.2) is 17.7 Å². The van der Waals surface area contributed by atoms with Crippen molar-refractivity contribution in [3.8, 4) is 11.4 Å². The van der Waals surface area contributed by atoms with Crippen molar-refractivity contribution in [2.24, 2.45) is 0 Å². The lowest BCUT2D eigenvalue weighted by molar-refractivity contribution is -0.0365. The summed E-state index contributed by atoms with van der Waals surface area (Å²) < 4.78 is 37.5. The molecule has 10 heteroatoms. The normalized spacial score (nSPS) is 19.4. The molecule has 182 valence electrons. The first-order valence-corrected chi connectivity index (χ1v) is 12.2. The predicted molar refractivity (Wildman–Crippen MR) is 125 cm³/mol. The lowest BCUT2D eigenvalue weighted by atomic mass is 10.1. The standard InChI is InChI=1S/C25H26F2N6O2/c26-16-11-18(27)24-29-14-21(32(24)15-16)23-17-13-28-19(25(34)31-8-4-1-2-5-9-31)12-20(17)33(30-23)22-7-3-6-10-35-22/h11-15,22H,1-10H2. The van der Waals surface area contributed by atoms with E-state index in [1.165, 1.54) is 16.8 Å². The molecule has 0 bridgehead atoms. The molecular formula is C25H26F2N6O2. The van der Waals surface area contributed by atoms with Crippen LogP contribution in [0.3, 0.4) is 0 Å². The first kappa shape index (κ1) is 22.1. The van der Waals surface area contributed by atoms with Crippen molar-refractivity contribution in [2.45, 2.75) is 51.2 Å². The van der Waals surface area contributed by atoms with Crippen molar-refractivity contribution in [2.75, 3.05) is 19.7 Å². The van der Waals surface area contributed by atoms with Crippen LogP contribution in [0.5, 0.6) is 0 Å². The molecule has 2 aliphatic heterocycles. The monoisotopic (exact) mass is 480 g/mol. The van der Waals surface area contributed by atoms with E-state index >= 15 is 0 Å². The summed E-state index contributed by atoms with van der Waals surface area (Å²) in [6.07, 6.45) is 11.0. The van der Waals surface area contributed by atoms with Crippen LogP contribution in [-0.2, 0) is 4.74 Å². The van der Waals surface area contributed by atoms with E-state index in [9.17, 15) is 13.6 Å². The topological polar surface area (TPSA) is 77.6 Å². The fourth-order valence-electron chi connectivity index (χ4n) is 5.10. The number of nitrogens with zero attached hydrogens (tertiary/aromatic N) is 6. The number of aromatic nitrogens is 5. The minimum atomic E-state index is -0.751. The summed E-state index contributed by atoms with van der Waals surface area (Å²) in [5.74, 6) is -1.55. The molecule has 1 amide bonds. The highest BCUT2D eigenvalue weighted by molar-refractivity contribution is 5.99. The maximum atomic E-state index is 14.3. The molecule has 0 N–H and O–H groups in total. The molecule has 1 atom stereocenters. The number of hydrogen-bond acceptors (Lipinski definition) is 5. The zero-order valence-electron chi connectivity index (χ0n) is 19.3. The van der Waals surface area contributed by atoms with Crippen molar-refractivity contribution < 1.29 is 18.3 Å². The van der Waals surface area contributed by atoms with Crippen molar-refractivity contribution in [1.82, 2.24) is 29.0 Å². The van der Waals surface area contributed by atoms with Crippen molar-refractivity contribution in [3.05, 3.63) is 48.1 Å². The van der Waals surface area contributed by atoms with Gasteiger partial charge >= 0.3 is 0 Å². The van der Waals surface area contributed by atoms with E-state index in [2.05, 4.69) is 9.97 Å². The van der Waals surface area contributed by atoms with Gasteiger partial charge in [-0.3, -0.25) is 14.2 Å². The maximum Gasteiger partial charge on any atom is 0.272 e. The first-order chi connectivity index (χ1) is 17.1. The van der Waals surface area contributed by atoms with Gasteiger partial charge in [-0.2, -0.15) is 5.10 Å². The number of carbonyl (C=O) groups is 1. The van der Waals surface area contributed by atoms with Crippen molar-refractivity contribution in [3.63, 3.8) is 0 Å². The average molecular weight is 481 g/mol. The Hall–Kier alpha value is -3.40. The summed E-state index contributed by atoms with van der Waals surface area (Å²) in [6.45, 7) is 2.08. The molecule has 35 heavy (non-hydrogen) atoms. The lowest BCUT2D eigenvalue weighted by Gasteiger charge is -2.23. The number of rotatable bonds is 3. The molecular weight excluding hydrogens is 454 g/mol. The van der Waals surface area contributed by atoms with Crippen LogP contribution in [0.2, 0.25) is 0 Å². The zero-order valence-corrected chi connectivity index (χ0v) is 19.3. The number of halogens is 2. The van der Waals surface area contributed by atoms with Crippen LogP contribution in [-0.4, -0.2) is 54.7 Å². The largest absolute Gasteiger partial charge is 0.356 e. The molecule has 4 aromatic heterocycles. The molecule has 6 heterocycles. The number of fused-ring (bicyclic) bond motifs is 2. The highest BCUT2D eigenvalue weighted by atomic mass is 19.1. The van der Waals surface area contributed by atoms with Gasteiger partial charge < -0.3 is 9.64 Å². The van der Waals surface area contributed by atoms with Crippen LogP contribution in [0.4, 0.5) is 8.78 Å². The number of likely N-dealkylation sites (tertiary alicyclic amines) is 1. The molecule has 6 rings (SSSR count).